The second kappa shape index (κ2) is 6.45. The Balaban J connectivity index is 2.14. The molecule has 3 aromatic rings. The summed E-state index contributed by atoms with van der Waals surface area (Å²) in [5, 5.41) is 8.08. The average Bonchev–Trinajstić information content (AvgIpc) is 2.61. The van der Waals surface area contributed by atoms with Crippen LogP contribution >= 0.6 is 0 Å². The number of hydrogen-bond donors (Lipinski definition) is 1. The van der Waals surface area contributed by atoms with Crippen LogP contribution in [-0.2, 0) is 0 Å². The zero-order valence-electron chi connectivity index (χ0n) is 13.5. The molecule has 0 saturated heterocycles. The Hall–Kier alpha value is -3.28. The molecular formula is C18H17N5O. The van der Waals surface area contributed by atoms with Crippen LogP contribution in [0.15, 0.2) is 54.6 Å². The van der Waals surface area contributed by atoms with E-state index >= 15 is 0 Å². The van der Waals surface area contributed by atoms with Gasteiger partial charge in [-0.25, -0.2) is 4.98 Å². The van der Waals surface area contributed by atoms with Crippen LogP contribution in [0.1, 0.15) is 10.4 Å². The van der Waals surface area contributed by atoms with E-state index in [0.717, 1.165) is 11.1 Å². The summed E-state index contributed by atoms with van der Waals surface area (Å²) in [6.45, 7) is 0. The fourth-order valence-electron chi connectivity index (χ4n) is 2.39. The molecular weight excluding hydrogens is 302 g/mol. The molecule has 6 nitrogen and oxygen atoms in total. The number of carbonyl (C=O) groups excluding carboxylic acids is 1. The minimum absolute atomic E-state index is 0.0746. The van der Waals surface area contributed by atoms with Gasteiger partial charge in [0.25, 0.3) is 5.91 Å². The quantitative estimate of drug-likeness (QED) is 0.801. The Morgan fingerprint density at radius 3 is 2.33 bits per heavy atom. The van der Waals surface area contributed by atoms with Crippen molar-refractivity contribution in [3.8, 4) is 22.5 Å². The highest BCUT2D eigenvalue weighted by Gasteiger charge is 2.15. The van der Waals surface area contributed by atoms with Crippen molar-refractivity contribution >= 4 is 11.9 Å². The second-order valence-corrected chi connectivity index (χ2v) is 5.51. The number of nitrogens with zero attached hydrogens (tertiary/aromatic N) is 4. The van der Waals surface area contributed by atoms with Crippen molar-refractivity contribution in [2.45, 2.75) is 0 Å². The third-order valence-electron chi connectivity index (χ3n) is 3.54. The maximum atomic E-state index is 12.2. The lowest BCUT2D eigenvalue weighted by Crippen LogP contribution is -2.21. The number of amides is 1. The monoisotopic (exact) mass is 319 g/mol. The van der Waals surface area contributed by atoms with Crippen LogP contribution in [0.2, 0.25) is 0 Å². The number of nitrogens with two attached hydrogens (primary N) is 1. The van der Waals surface area contributed by atoms with Gasteiger partial charge in [0, 0.05) is 30.8 Å². The van der Waals surface area contributed by atoms with E-state index in [1.54, 1.807) is 26.2 Å². The van der Waals surface area contributed by atoms with Gasteiger partial charge in [0.15, 0.2) is 0 Å². The molecule has 0 bridgehead atoms. The predicted octanol–water partition coefficient (Wildman–Crippen LogP) is 2.49. The third kappa shape index (κ3) is 3.08. The molecule has 6 heteroatoms. The Kier molecular flexibility index (Phi) is 4.20. The summed E-state index contributed by atoms with van der Waals surface area (Å²) in [5.41, 5.74) is 9.17. The Labute approximate surface area is 140 Å². The van der Waals surface area contributed by atoms with Crippen molar-refractivity contribution in [3.05, 3.63) is 60.2 Å². The molecule has 1 amide bonds. The van der Waals surface area contributed by atoms with E-state index in [9.17, 15) is 4.79 Å². The Morgan fingerprint density at radius 2 is 1.62 bits per heavy atom. The molecule has 0 spiro atoms. The molecule has 24 heavy (non-hydrogen) atoms. The first-order valence-corrected chi connectivity index (χ1v) is 7.44. The lowest BCUT2D eigenvalue weighted by Gasteiger charge is -2.12. The largest absolute Gasteiger partial charge is 0.366 e. The smallest absolute Gasteiger partial charge is 0.253 e. The molecule has 0 unspecified atom stereocenters. The zero-order valence-corrected chi connectivity index (χ0v) is 13.5. The normalized spacial score (nSPS) is 10.4. The molecule has 120 valence electrons. The summed E-state index contributed by atoms with van der Waals surface area (Å²) in [7, 11) is 3.43. The molecule has 0 aliphatic carbocycles. The minimum Gasteiger partial charge on any atom is -0.366 e. The number of aromatic nitrogens is 3. The van der Waals surface area contributed by atoms with Gasteiger partial charge in [0.2, 0.25) is 5.95 Å². The van der Waals surface area contributed by atoms with Crippen molar-refractivity contribution in [1.82, 2.24) is 20.1 Å². The first-order valence-electron chi connectivity index (χ1n) is 7.44. The molecule has 1 aromatic heterocycles. The van der Waals surface area contributed by atoms with Crippen molar-refractivity contribution in [2.75, 3.05) is 19.8 Å². The van der Waals surface area contributed by atoms with Gasteiger partial charge in [-0.05, 0) is 12.1 Å². The maximum absolute atomic E-state index is 12.2. The van der Waals surface area contributed by atoms with E-state index in [-0.39, 0.29) is 11.9 Å². The van der Waals surface area contributed by atoms with E-state index in [1.807, 2.05) is 42.5 Å². The van der Waals surface area contributed by atoms with Crippen LogP contribution in [0.25, 0.3) is 22.5 Å². The van der Waals surface area contributed by atoms with Gasteiger partial charge in [-0.1, -0.05) is 42.5 Å². The molecule has 2 N–H and O–H groups in total. The van der Waals surface area contributed by atoms with Gasteiger partial charge in [-0.2, -0.15) is 0 Å². The highest BCUT2D eigenvalue weighted by molar-refractivity contribution is 5.95. The van der Waals surface area contributed by atoms with Gasteiger partial charge in [-0.3, -0.25) is 4.79 Å². The summed E-state index contributed by atoms with van der Waals surface area (Å²) in [5.74, 6) is 0.0348. The van der Waals surface area contributed by atoms with Gasteiger partial charge >= 0.3 is 0 Å². The van der Waals surface area contributed by atoms with Crippen LogP contribution < -0.4 is 5.73 Å². The number of nitrogen functional groups attached to an aromatic ring is 1. The van der Waals surface area contributed by atoms with E-state index in [0.29, 0.717) is 17.0 Å². The van der Waals surface area contributed by atoms with Crippen LogP contribution in [0, 0.1) is 0 Å². The fraction of sp³-hybridized carbons (Fsp3) is 0.111. The van der Waals surface area contributed by atoms with Crippen LogP contribution in [0.5, 0.6) is 0 Å². The first-order chi connectivity index (χ1) is 11.6. The molecule has 0 atom stereocenters. The number of carbonyl (C=O) groups is 1. The van der Waals surface area contributed by atoms with E-state index < -0.39 is 0 Å². The van der Waals surface area contributed by atoms with Crippen LogP contribution in [0.3, 0.4) is 0 Å². The predicted molar refractivity (Wildman–Crippen MR) is 93.1 cm³/mol. The summed E-state index contributed by atoms with van der Waals surface area (Å²) >= 11 is 0. The van der Waals surface area contributed by atoms with Crippen molar-refractivity contribution < 1.29 is 4.79 Å². The van der Waals surface area contributed by atoms with Crippen LogP contribution in [-0.4, -0.2) is 40.1 Å². The summed E-state index contributed by atoms with van der Waals surface area (Å²) < 4.78 is 0. The van der Waals surface area contributed by atoms with Gasteiger partial charge < -0.3 is 10.6 Å². The maximum Gasteiger partial charge on any atom is 0.253 e. The molecule has 1 heterocycles. The van der Waals surface area contributed by atoms with Crippen molar-refractivity contribution in [2.24, 2.45) is 0 Å². The second-order valence-electron chi connectivity index (χ2n) is 5.51. The third-order valence-corrected chi connectivity index (χ3v) is 3.54. The lowest BCUT2D eigenvalue weighted by atomic mass is 10.0. The average molecular weight is 319 g/mol. The summed E-state index contributed by atoms with van der Waals surface area (Å²) in [6.07, 6.45) is 0. The van der Waals surface area contributed by atoms with E-state index in [2.05, 4.69) is 15.2 Å². The first kappa shape index (κ1) is 15.6. The molecule has 0 saturated carbocycles. The molecule has 2 aromatic carbocycles. The summed E-state index contributed by atoms with van der Waals surface area (Å²) in [4.78, 5) is 18.1. The minimum atomic E-state index is -0.0746. The standard InChI is InChI=1S/C18H17N5O/c1-23(2)17(24)14-10-6-9-13(11-14)16-15(20-18(19)22-21-16)12-7-4-3-5-8-12/h3-11H,1-2H3,(H2,19,20,22). The fourth-order valence-corrected chi connectivity index (χ4v) is 2.39. The highest BCUT2D eigenvalue weighted by atomic mass is 16.2. The van der Waals surface area contributed by atoms with Gasteiger partial charge in [0.05, 0.1) is 0 Å². The number of rotatable bonds is 3. The van der Waals surface area contributed by atoms with Gasteiger partial charge in [-0.15, -0.1) is 10.2 Å². The zero-order chi connectivity index (χ0) is 17.1. The topological polar surface area (TPSA) is 85.0 Å². The highest BCUT2D eigenvalue weighted by Crippen LogP contribution is 2.29. The van der Waals surface area contributed by atoms with Crippen LogP contribution in [0.4, 0.5) is 5.95 Å². The van der Waals surface area contributed by atoms with E-state index in [4.69, 9.17) is 5.73 Å². The van der Waals surface area contributed by atoms with Gasteiger partial charge in [0.1, 0.15) is 11.4 Å². The SMILES string of the molecule is CN(C)C(=O)c1cccc(-c2nnc(N)nc2-c2ccccc2)c1. The molecule has 3 rings (SSSR count). The summed E-state index contributed by atoms with van der Waals surface area (Å²) in [6, 6.07) is 16.9. The molecule has 0 radical (unpaired) electrons. The lowest BCUT2D eigenvalue weighted by molar-refractivity contribution is 0.0827. The molecule has 0 fully saturated rings. The Bertz CT molecular complexity index is 878. The van der Waals surface area contributed by atoms with Crippen molar-refractivity contribution in [1.29, 1.82) is 0 Å². The molecule has 0 aliphatic heterocycles. The van der Waals surface area contributed by atoms with E-state index in [1.165, 1.54) is 4.90 Å². The number of anilines is 1. The van der Waals surface area contributed by atoms with Crippen molar-refractivity contribution in [3.63, 3.8) is 0 Å². The number of benzene rings is 2. The Morgan fingerprint density at radius 1 is 0.917 bits per heavy atom. The molecule has 0 aliphatic rings. The number of hydrogen-bond acceptors (Lipinski definition) is 5.